The van der Waals surface area contributed by atoms with Gasteiger partial charge in [-0.1, -0.05) is 12.8 Å². The molecule has 4 heteroatoms. The van der Waals surface area contributed by atoms with E-state index in [0.717, 1.165) is 24.9 Å². The van der Waals surface area contributed by atoms with Gasteiger partial charge in [-0.3, -0.25) is 4.79 Å². The number of ether oxygens (including phenoxy) is 1. The first-order chi connectivity index (χ1) is 9.26. The SMILES string of the molecule is CNC(CCN1CCCC2CCCCC21)C(=O)OC. The topological polar surface area (TPSA) is 41.6 Å². The van der Waals surface area contributed by atoms with E-state index in [1.165, 1.54) is 52.2 Å². The highest BCUT2D eigenvalue weighted by atomic mass is 16.5. The molecule has 0 spiro atoms. The van der Waals surface area contributed by atoms with Crippen molar-refractivity contribution in [1.82, 2.24) is 10.2 Å². The van der Waals surface area contributed by atoms with Crippen LogP contribution in [-0.4, -0.2) is 50.2 Å². The number of carbonyl (C=O) groups is 1. The number of rotatable bonds is 5. The van der Waals surface area contributed by atoms with Crippen molar-refractivity contribution >= 4 is 5.97 Å². The van der Waals surface area contributed by atoms with E-state index >= 15 is 0 Å². The summed E-state index contributed by atoms with van der Waals surface area (Å²) in [6, 6.07) is 0.617. The summed E-state index contributed by atoms with van der Waals surface area (Å²) in [7, 11) is 3.30. The second-order valence-electron chi connectivity index (χ2n) is 5.94. The summed E-state index contributed by atoms with van der Waals surface area (Å²) < 4.78 is 4.83. The van der Waals surface area contributed by atoms with E-state index < -0.39 is 0 Å². The van der Waals surface area contributed by atoms with Crippen LogP contribution in [0.15, 0.2) is 0 Å². The molecule has 1 aliphatic carbocycles. The highest BCUT2D eigenvalue weighted by molar-refractivity contribution is 5.75. The Morgan fingerprint density at radius 2 is 2.05 bits per heavy atom. The monoisotopic (exact) mass is 268 g/mol. The van der Waals surface area contributed by atoms with Crippen LogP contribution >= 0.6 is 0 Å². The van der Waals surface area contributed by atoms with Crippen LogP contribution < -0.4 is 5.32 Å². The number of likely N-dealkylation sites (tertiary alicyclic amines) is 1. The van der Waals surface area contributed by atoms with Crippen LogP contribution in [0.25, 0.3) is 0 Å². The summed E-state index contributed by atoms with van der Waals surface area (Å²) in [5.74, 6) is 0.772. The maximum Gasteiger partial charge on any atom is 0.322 e. The van der Waals surface area contributed by atoms with Crippen molar-refractivity contribution in [3.8, 4) is 0 Å². The molecule has 1 saturated carbocycles. The first kappa shape index (κ1) is 14.8. The van der Waals surface area contributed by atoms with Gasteiger partial charge < -0.3 is 15.0 Å². The fourth-order valence-electron chi connectivity index (χ4n) is 3.82. The van der Waals surface area contributed by atoms with Gasteiger partial charge >= 0.3 is 5.97 Å². The van der Waals surface area contributed by atoms with E-state index in [0.29, 0.717) is 0 Å². The van der Waals surface area contributed by atoms with Crippen LogP contribution in [0.3, 0.4) is 0 Å². The number of methoxy groups -OCH3 is 1. The Bertz CT molecular complexity index is 294. The van der Waals surface area contributed by atoms with Crippen LogP contribution in [0, 0.1) is 5.92 Å². The molecular formula is C15H28N2O2. The zero-order valence-corrected chi connectivity index (χ0v) is 12.4. The number of fused-ring (bicyclic) bond motifs is 1. The highest BCUT2D eigenvalue weighted by Gasteiger charge is 2.33. The van der Waals surface area contributed by atoms with E-state index in [-0.39, 0.29) is 12.0 Å². The Labute approximate surface area is 116 Å². The lowest BCUT2D eigenvalue weighted by Crippen LogP contribution is -2.48. The molecule has 0 aromatic heterocycles. The predicted molar refractivity (Wildman–Crippen MR) is 76.0 cm³/mol. The van der Waals surface area contributed by atoms with Crippen molar-refractivity contribution in [2.45, 2.75) is 57.0 Å². The molecule has 1 heterocycles. The lowest BCUT2D eigenvalue weighted by molar-refractivity contribution is -0.143. The Morgan fingerprint density at radius 3 is 2.79 bits per heavy atom. The average Bonchev–Trinajstić information content (AvgIpc) is 2.47. The van der Waals surface area contributed by atoms with Crippen LogP contribution in [0.5, 0.6) is 0 Å². The number of hydrogen-bond donors (Lipinski definition) is 1. The van der Waals surface area contributed by atoms with Crippen molar-refractivity contribution in [2.75, 3.05) is 27.2 Å². The third-order valence-corrected chi connectivity index (χ3v) is 4.90. The second-order valence-corrected chi connectivity index (χ2v) is 5.94. The van der Waals surface area contributed by atoms with Crippen LogP contribution in [0.2, 0.25) is 0 Å². The molecule has 2 aliphatic rings. The van der Waals surface area contributed by atoms with Crippen molar-refractivity contribution in [1.29, 1.82) is 0 Å². The standard InChI is InChI=1S/C15H28N2O2/c1-16-13(15(18)19-2)9-11-17-10-5-7-12-6-3-4-8-14(12)17/h12-14,16H,3-11H2,1-2H3. The minimum atomic E-state index is -0.158. The molecule has 2 fully saturated rings. The van der Waals surface area contributed by atoms with Crippen LogP contribution in [-0.2, 0) is 9.53 Å². The average molecular weight is 268 g/mol. The molecule has 1 N–H and O–H groups in total. The molecule has 0 radical (unpaired) electrons. The predicted octanol–water partition coefficient (Wildman–Crippen LogP) is 1.79. The Morgan fingerprint density at radius 1 is 1.32 bits per heavy atom. The molecule has 1 saturated heterocycles. The Balaban J connectivity index is 1.85. The van der Waals surface area contributed by atoms with E-state index in [2.05, 4.69) is 10.2 Å². The Kier molecular flexibility index (Phi) is 5.64. The summed E-state index contributed by atoms with van der Waals surface area (Å²) in [5.41, 5.74) is 0. The molecule has 0 amide bonds. The zero-order chi connectivity index (χ0) is 13.7. The molecule has 3 unspecified atom stereocenters. The lowest BCUT2D eigenvalue weighted by atomic mass is 9.78. The molecule has 0 aromatic carbocycles. The number of nitrogens with one attached hydrogen (secondary N) is 1. The molecule has 3 atom stereocenters. The van der Waals surface area contributed by atoms with Gasteiger partial charge in [0.05, 0.1) is 7.11 Å². The highest BCUT2D eigenvalue weighted by Crippen LogP contribution is 2.35. The van der Waals surface area contributed by atoms with Crippen molar-refractivity contribution in [3.05, 3.63) is 0 Å². The quantitative estimate of drug-likeness (QED) is 0.772. The van der Waals surface area contributed by atoms with Gasteiger partial charge in [-0.15, -0.1) is 0 Å². The molecule has 1 aliphatic heterocycles. The summed E-state index contributed by atoms with van der Waals surface area (Å²) in [6.45, 7) is 2.22. The summed E-state index contributed by atoms with van der Waals surface area (Å²) in [4.78, 5) is 14.2. The molecule has 0 bridgehead atoms. The van der Waals surface area contributed by atoms with E-state index in [1.807, 2.05) is 7.05 Å². The van der Waals surface area contributed by atoms with Crippen molar-refractivity contribution in [2.24, 2.45) is 5.92 Å². The van der Waals surface area contributed by atoms with Crippen LogP contribution in [0.4, 0.5) is 0 Å². The third kappa shape index (κ3) is 3.69. The Hall–Kier alpha value is -0.610. The number of carbonyl (C=O) groups excluding carboxylic acids is 1. The smallest absolute Gasteiger partial charge is 0.322 e. The van der Waals surface area contributed by atoms with E-state index in [4.69, 9.17) is 4.74 Å². The number of hydrogen-bond acceptors (Lipinski definition) is 4. The minimum absolute atomic E-state index is 0.139. The molecule has 19 heavy (non-hydrogen) atoms. The first-order valence-corrected chi connectivity index (χ1v) is 7.75. The number of esters is 1. The van der Waals surface area contributed by atoms with Gasteiger partial charge in [0.25, 0.3) is 0 Å². The third-order valence-electron chi connectivity index (χ3n) is 4.90. The van der Waals surface area contributed by atoms with Crippen molar-refractivity contribution < 1.29 is 9.53 Å². The van der Waals surface area contributed by atoms with E-state index in [9.17, 15) is 4.79 Å². The van der Waals surface area contributed by atoms with Gasteiger partial charge in [0, 0.05) is 12.6 Å². The first-order valence-electron chi connectivity index (χ1n) is 7.75. The largest absolute Gasteiger partial charge is 0.468 e. The maximum atomic E-state index is 11.6. The van der Waals surface area contributed by atoms with Crippen molar-refractivity contribution in [3.63, 3.8) is 0 Å². The van der Waals surface area contributed by atoms with Gasteiger partial charge in [-0.25, -0.2) is 0 Å². The fraction of sp³-hybridized carbons (Fsp3) is 0.933. The van der Waals surface area contributed by atoms with E-state index in [1.54, 1.807) is 0 Å². The number of likely N-dealkylation sites (N-methyl/N-ethyl adjacent to an activating group) is 1. The number of piperidine rings is 1. The minimum Gasteiger partial charge on any atom is -0.468 e. The molecular weight excluding hydrogens is 240 g/mol. The maximum absolute atomic E-state index is 11.6. The molecule has 2 rings (SSSR count). The molecule has 110 valence electrons. The lowest BCUT2D eigenvalue weighted by Gasteiger charge is -2.44. The second kappa shape index (κ2) is 7.25. The van der Waals surface area contributed by atoms with Crippen LogP contribution in [0.1, 0.15) is 44.9 Å². The van der Waals surface area contributed by atoms with Gasteiger partial charge in [0.2, 0.25) is 0 Å². The number of nitrogens with zero attached hydrogens (tertiary/aromatic N) is 1. The fourth-order valence-corrected chi connectivity index (χ4v) is 3.82. The van der Waals surface area contributed by atoms with Gasteiger partial charge in [0.15, 0.2) is 0 Å². The summed E-state index contributed by atoms with van der Waals surface area (Å²) in [6.07, 6.45) is 9.14. The van der Waals surface area contributed by atoms with Gasteiger partial charge in [0.1, 0.15) is 6.04 Å². The summed E-state index contributed by atoms with van der Waals surface area (Å²) >= 11 is 0. The molecule has 4 nitrogen and oxygen atoms in total. The molecule has 0 aromatic rings. The zero-order valence-electron chi connectivity index (χ0n) is 12.4. The van der Waals surface area contributed by atoms with Gasteiger partial charge in [-0.05, 0) is 51.6 Å². The van der Waals surface area contributed by atoms with Gasteiger partial charge in [-0.2, -0.15) is 0 Å². The normalized spacial score (nSPS) is 29.6. The summed E-state index contributed by atoms with van der Waals surface area (Å²) in [5, 5.41) is 3.06.